The molecule has 0 radical (unpaired) electrons. The first-order chi connectivity index (χ1) is 9.61. The summed E-state index contributed by atoms with van der Waals surface area (Å²) in [5.41, 5.74) is 5.33. The van der Waals surface area contributed by atoms with Crippen LogP contribution in [0.2, 0.25) is 0 Å². The minimum absolute atomic E-state index is 0.0339. The van der Waals surface area contributed by atoms with Crippen molar-refractivity contribution in [1.82, 2.24) is 0 Å². The molecule has 0 rings (SSSR count). The summed E-state index contributed by atoms with van der Waals surface area (Å²) in [4.78, 5) is 42.5. The van der Waals surface area contributed by atoms with Crippen molar-refractivity contribution in [2.24, 2.45) is 11.7 Å². The van der Waals surface area contributed by atoms with Crippen molar-refractivity contribution in [3.05, 3.63) is 0 Å². The molecule has 0 fully saturated rings. The van der Waals surface area contributed by atoms with E-state index >= 15 is 0 Å². The average Bonchev–Trinajstić information content (AvgIpc) is 2.40. The summed E-state index contributed by atoms with van der Waals surface area (Å²) < 4.78 is 4.99. The van der Waals surface area contributed by atoms with Crippen LogP contribution < -0.4 is 5.73 Å². The molecule has 0 aromatic heterocycles. The van der Waals surface area contributed by atoms with E-state index in [1.165, 1.54) is 7.11 Å². The molecule has 0 aromatic carbocycles. The van der Waals surface area contributed by atoms with Gasteiger partial charge in [-0.25, -0.2) is 0 Å². The van der Waals surface area contributed by atoms with Crippen molar-refractivity contribution >= 4 is 25.6 Å². The fourth-order valence-electron chi connectivity index (χ4n) is 1.79. The number of hydrogen-bond acceptors (Lipinski definition) is 6. The molecular formula is C11H22NO8P. The van der Waals surface area contributed by atoms with Crippen molar-refractivity contribution < 1.29 is 39.1 Å². The van der Waals surface area contributed by atoms with Crippen LogP contribution in [0.1, 0.15) is 19.3 Å². The molecule has 124 valence electrons. The van der Waals surface area contributed by atoms with E-state index in [4.69, 9.17) is 25.6 Å². The van der Waals surface area contributed by atoms with Crippen LogP contribution in [0.25, 0.3) is 0 Å². The number of nitrogens with two attached hydrogens (primary N) is 1. The first-order valence-electron chi connectivity index (χ1n) is 6.32. The first kappa shape index (κ1) is 19.7. The van der Waals surface area contributed by atoms with Gasteiger partial charge in [0.15, 0.2) is 0 Å². The molecule has 0 aliphatic carbocycles. The van der Waals surface area contributed by atoms with Gasteiger partial charge in [-0.15, -0.1) is 0 Å². The average molecular weight is 327 g/mol. The van der Waals surface area contributed by atoms with Crippen LogP contribution in [0.4, 0.5) is 0 Å². The fourth-order valence-corrected chi connectivity index (χ4v) is 4.27. The van der Waals surface area contributed by atoms with Gasteiger partial charge >= 0.3 is 121 Å². The van der Waals surface area contributed by atoms with E-state index in [0.29, 0.717) is 0 Å². The SMILES string of the molecule is CO[PH](O)(CCC(N)C(=O)O)CC(CCC(=O)O)C(=O)O. The van der Waals surface area contributed by atoms with E-state index in [1.54, 1.807) is 0 Å². The van der Waals surface area contributed by atoms with Crippen molar-refractivity contribution in [3.8, 4) is 0 Å². The van der Waals surface area contributed by atoms with Crippen molar-refractivity contribution in [3.63, 3.8) is 0 Å². The molecule has 10 heteroatoms. The van der Waals surface area contributed by atoms with Crippen LogP contribution >= 0.6 is 7.72 Å². The summed E-state index contributed by atoms with van der Waals surface area (Å²) in [6, 6.07) is -1.17. The topological polar surface area (TPSA) is 167 Å². The molecule has 2 atom stereocenters. The van der Waals surface area contributed by atoms with Crippen LogP contribution in [-0.2, 0) is 18.9 Å². The molecule has 0 aromatic rings. The summed E-state index contributed by atoms with van der Waals surface area (Å²) in [6.07, 6.45) is -0.752. The van der Waals surface area contributed by atoms with E-state index in [9.17, 15) is 19.3 Å². The van der Waals surface area contributed by atoms with Crippen LogP contribution in [0, 0.1) is 5.92 Å². The summed E-state index contributed by atoms with van der Waals surface area (Å²) in [7, 11) is -2.23. The Morgan fingerprint density at radius 1 is 1.14 bits per heavy atom. The molecule has 9 nitrogen and oxygen atoms in total. The first-order valence-corrected chi connectivity index (χ1v) is 8.58. The second-order valence-electron chi connectivity index (χ2n) is 4.81. The van der Waals surface area contributed by atoms with Crippen molar-refractivity contribution in [2.75, 3.05) is 19.4 Å². The Labute approximate surface area is 122 Å². The van der Waals surface area contributed by atoms with Gasteiger partial charge in [0.25, 0.3) is 0 Å². The Balaban J connectivity index is 4.68. The number of carbonyl (C=O) groups is 3. The Hall–Kier alpha value is -1.28. The quantitative estimate of drug-likeness (QED) is 0.316. The molecular weight excluding hydrogens is 305 g/mol. The maximum absolute atomic E-state index is 11.1. The zero-order valence-electron chi connectivity index (χ0n) is 11.7. The van der Waals surface area contributed by atoms with E-state index in [0.717, 1.165) is 0 Å². The second kappa shape index (κ2) is 8.89. The Bertz CT molecular complexity index is 390. The summed E-state index contributed by atoms with van der Waals surface area (Å²) >= 11 is 0. The second-order valence-corrected chi connectivity index (χ2v) is 8.01. The molecule has 0 saturated heterocycles. The Morgan fingerprint density at radius 3 is 2.10 bits per heavy atom. The predicted octanol–water partition coefficient (Wildman–Crippen LogP) is -0.427. The van der Waals surface area contributed by atoms with Gasteiger partial charge in [0.05, 0.1) is 0 Å². The molecule has 6 N–H and O–H groups in total. The molecule has 0 amide bonds. The number of carboxylic acid groups (broad SMARTS) is 3. The fraction of sp³-hybridized carbons (Fsp3) is 0.727. The maximum atomic E-state index is 11.1. The standard InChI is InChI=1S/C11H22NO8P/c1-20-21(19,5-4-8(12)11(17)18)6-7(10(15)16)2-3-9(13)14/h7-8,19,21H,2-6,12H2,1H3,(H,13,14)(H,15,16)(H,17,18). The zero-order chi connectivity index (χ0) is 16.6. The van der Waals surface area contributed by atoms with Gasteiger partial charge in [-0.05, 0) is 0 Å². The Morgan fingerprint density at radius 2 is 1.71 bits per heavy atom. The summed E-state index contributed by atoms with van der Waals surface area (Å²) in [5.74, 6) is -4.62. The van der Waals surface area contributed by atoms with Gasteiger partial charge < -0.3 is 0 Å². The monoisotopic (exact) mass is 327 g/mol. The van der Waals surface area contributed by atoms with Gasteiger partial charge in [0, 0.05) is 0 Å². The number of aliphatic carboxylic acids is 3. The number of hydrogen-bond donors (Lipinski definition) is 5. The molecule has 0 spiro atoms. The normalized spacial score (nSPS) is 15.2. The third-order valence-electron chi connectivity index (χ3n) is 3.16. The third kappa shape index (κ3) is 7.91. The van der Waals surface area contributed by atoms with Gasteiger partial charge in [-0.2, -0.15) is 0 Å². The van der Waals surface area contributed by atoms with Gasteiger partial charge in [-0.1, -0.05) is 0 Å². The van der Waals surface area contributed by atoms with Crippen LogP contribution in [0.15, 0.2) is 0 Å². The molecule has 0 heterocycles. The van der Waals surface area contributed by atoms with Crippen molar-refractivity contribution in [2.45, 2.75) is 25.3 Å². The van der Waals surface area contributed by atoms with Gasteiger partial charge in [0.1, 0.15) is 0 Å². The minimum atomic E-state index is -3.45. The van der Waals surface area contributed by atoms with Gasteiger partial charge in [0.2, 0.25) is 0 Å². The summed E-state index contributed by atoms with van der Waals surface area (Å²) in [6.45, 7) is 0. The molecule has 0 bridgehead atoms. The van der Waals surface area contributed by atoms with Crippen molar-refractivity contribution in [1.29, 1.82) is 0 Å². The zero-order valence-corrected chi connectivity index (χ0v) is 12.7. The summed E-state index contributed by atoms with van der Waals surface area (Å²) in [5, 5.41) is 26.3. The van der Waals surface area contributed by atoms with E-state index in [-0.39, 0.29) is 31.6 Å². The molecule has 21 heavy (non-hydrogen) atoms. The van der Waals surface area contributed by atoms with E-state index < -0.39 is 37.6 Å². The van der Waals surface area contributed by atoms with E-state index in [1.807, 2.05) is 0 Å². The predicted molar refractivity (Wildman–Crippen MR) is 75.5 cm³/mol. The Kier molecular flexibility index (Phi) is 8.34. The van der Waals surface area contributed by atoms with Crippen LogP contribution in [0.3, 0.4) is 0 Å². The number of rotatable bonds is 11. The third-order valence-corrected chi connectivity index (χ3v) is 6.13. The molecule has 2 unspecified atom stereocenters. The van der Waals surface area contributed by atoms with Crippen LogP contribution in [-0.4, -0.2) is 63.6 Å². The van der Waals surface area contributed by atoms with Crippen LogP contribution in [0.5, 0.6) is 0 Å². The van der Waals surface area contributed by atoms with E-state index in [2.05, 4.69) is 0 Å². The molecule has 0 saturated carbocycles. The van der Waals surface area contributed by atoms with Gasteiger partial charge in [-0.3, -0.25) is 0 Å². The number of carboxylic acids is 3. The molecule has 0 aliphatic rings. The molecule has 0 aliphatic heterocycles.